The average molecular weight is 571 g/mol. The predicted molar refractivity (Wildman–Crippen MR) is 142 cm³/mol. The van der Waals surface area contributed by atoms with E-state index in [1.807, 2.05) is 32.0 Å². The van der Waals surface area contributed by atoms with Gasteiger partial charge in [0.25, 0.3) is 5.91 Å². The van der Waals surface area contributed by atoms with Gasteiger partial charge < -0.3 is 24.3 Å². The molecular formula is C27H30F4N2O5S. The van der Waals surface area contributed by atoms with E-state index >= 15 is 0 Å². The van der Waals surface area contributed by atoms with E-state index in [4.69, 9.17) is 31.2 Å². The zero-order chi connectivity index (χ0) is 28.6. The molecule has 0 saturated carbocycles. The van der Waals surface area contributed by atoms with Crippen molar-refractivity contribution in [3.05, 3.63) is 58.8 Å². The van der Waals surface area contributed by atoms with Gasteiger partial charge in [0.05, 0.1) is 26.9 Å². The van der Waals surface area contributed by atoms with E-state index in [1.54, 1.807) is 24.3 Å². The summed E-state index contributed by atoms with van der Waals surface area (Å²) in [6.45, 7) is 3.25. The molecule has 1 heterocycles. The first kappa shape index (κ1) is 30.2. The van der Waals surface area contributed by atoms with E-state index in [0.29, 0.717) is 54.6 Å². The van der Waals surface area contributed by atoms with Crippen LogP contribution >= 0.6 is 12.2 Å². The summed E-state index contributed by atoms with van der Waals surface area (Å²) in [6, 6.07) is 10.4. The highest BCUT2D eigenvalue weighted by atomic mass is 32.1. The van der Waals surface area contributed by atoms with Crippen molar-refractivity contribution >= 4 is 29.3 Å². The van der Waals surface area contributed by atoms with Gasteiger partial charge >= 0.3 is 12.3 Å². The van der Waals surface area contributed by atoms with Crippen molar-refractivity contribution in [1.82, 2.24) is 10.2 Å². The number of benzene rings is 2. The number of halogens is 4. The van der Waals surface area contributed by atoms with Crippen molar-refractivity contribution in [2.75, 3.05) is 33.5 Å². The van der Waals surface area contributed by atoms with E-state index in [-0.39, 0.29) is 23.3 Å². The quantitative estimate of drug-likeness (QED) is 0.190. The Balaban J connectivity index is 1.69. The molecule has 1 saturated heterocycles. The van der Waals surface area contributed by atoms with Gasteiger partial charge in [0, 0.05) is 12.1 Å². The number of alkyl halides is 4. The number of rotatable bonds is 14. The maximum atomic E-state index is 13.2. The lowest BCUT2D eigenvalue weighted by Crippen LogP contribution is -2.32. The van der Waals surface area contributed by atoms with Gasteiger partial charge in [-0.05, 0) is 74.0 Å². The molecule has 0 aromatic heterocycles. The minimum atomic E-state index is -4.26. The molecule has 39 heavy (non-hydrogen) atoms. The molecule has 1 amide bonds. The molecule has 1 aliphatic heterocycles. The van der Waals surface area contributed by atoms with Crippen LogP contribution in [-0.2, 0) is 22.6 Å². The first-order valence-electron chi connectivity index (χ1n) is 12.2. The van der Waals surface area contributed by atoms with Gasteiger partial charge in [-0.15, -0.1) is 0 Å². The van der Waals surface area contributed by atoms with Crippen LogP contribution in [0.15, 0.2) is 42.1 Å². The fourth-order valence-corrected chi connectivity index (χ4v) is 4.08. The SMILES string of the molecule is CCOc1ccc(CCN2C(=O)/C(=C\c3ccc(OC)c(COCC(F)(F)C(F)F)c3)NC2=S)cc1OCC. The summed E-state index contributed by atoms with van der Waals surface area (Å²) in [4.78, 5) is 14.5. The van der Waals surface area contributed by atoms with Crippen molar-refractivity contribution < 1.29 is 41.3 Å². The Kier molecular flexibility index (Phi) is 10.5. The molecule has 1 fully saturated rings. The van der Waals surface area contributed by atoms with Crippen LogP contribution in [0.4, 0.5) is 17.6 Å². The second kappa shape index (κ2) is 13.6. The highest BCUT2D eigenvalue weighted by molar-refractivity contribution is 7.80. The topological polar surface area (TPSA) is 69.3 Å². The van der Waals surface area contributed by atoms with Gasteiger partial charge in [0.15, 0.2) is 16.6 Å². The molecule has 2 aromatic carbocycles. The lowest BCUT2D eigenvalue weighted by molar-refractivity contribution is -0.168. The standard InChI is InChI=1S/C27H30F4N2O5S/c1-4-37-22-9-6-17(14-23(22)38-5-2)10-11-33-24(34)20(32-26(33)39)13-18-7-8-21(35-3)19(12-18)15-36-16-27(30,31)25(28)29/h6-9,12-14,25H,4-5,10-11,15-16H2,1-3H3,(H,32,39)/b20-13+. The number of nitrogens with zero attached hydrogens (tertiary/aromatic N) is 1. The number of carbonyl (C=O) groups excluding carboxylic acids is 1. The normalized spacial score (nSPS) is 14.8. The number of carbonyl (C=O) groups is 1. The molecule has 3 rings (SSSR count). The van der Waals surface area contributed by atoms with Crippen LogP contribution < -0.4 is 19.5 Å². The number of hydrogen-bond acceptors (Lipinski definition) is 6. The van der Waals surface area contributed by atoms with Gasteiger partial charge in [0.2, 0.25) is 0 Å². The zero-order valence-electron chi connectivity index (χ0n) is 21.8. The highest BCUT2D eigenvalue weighted by Gasteiger charge is 2.41. The molecule has 0 aliphatic carbocycles. The third kappa shape index (κ3) is 7.82. The van der Waals surface area contributed by atoms with Gasteiger partial charge in [-0.3, -0.25) is 9.69 Å². The Morgan fingerprint density at radius 1 is 1.05 bits per heavy atom. The van der Waals surface area contributed by atoms with E-state index < -0.39 is 19.0 Å². The summed E-state index contributed by atoms with van der Waals surface area (Å²) in [5.41, 5.74) is 2.04. The highest BCUT2D eigenvalue weighted by Crippen LogP contribution is 2.29. The summed E-state index contributed by atoms with van der Waals surface area (Å²) >= 11 is 5.36. The number of nitrogens with one attached hydrogen (secondary N) is 1. The number of methoxy groups -OCH3 is 1. The minimum Gasteiger partial charge on any atom is -0.496 e. The fourth-order valence-electron chi connectivity index (χ4n) is 3.79. The molecule has 0 radical (unpaired) electrons. The molecule has 212 valence electrons. The molecule has 2 aromatic rings. The zero-order valence-corrected chi connectivity index (χ0v) is 22.6. The molecule has 0 bridgehead atoms. The molecule has 12 heteroatoms. The third-order valence-corrected chi connectivity index (χ3v) is 6.00. The molecule has 0 unspecified atom stereocenters. The summed E-state index contributed by atoms with van der Waals surface area (Å²) in [5, 5.41) is 3.14. The Morgan fingerprint density at radius 2 is 1.74 bits per heavy atom. The number of hydrogen-bond donors (Lipinski definition) is 1. The van der Waals surface area contributed by atoms with Crippen LogP contribution in [0, 0.1) is 0 Å². The number of thiocarbonyl (C=S) groups is 1. The van der Waals surface area contributed by atoms with E-state index in [1.165, 1.54) is 12.0 Å². The first-order valence-corrected chi connectivity index (χ1v) is 12.6. The van der Waals surface area contributed by atoms with Gasteiger partial charge in [-0.2, -0.15) is 8.78 Å². The fraction of sp³-hybridized carbons (Fsp3) is 0.407. The van der Waals surface area contributed by atoms with Crippen molar-refractivity contribution in [2.45, 2.75) is 39.2 Å². The van der Waals surface area contributed by atoms with Gasteiger partial charge in [0.1, 0.15) is 18.1 Å². The summed E-state index contributed by atoms with van der Waals surface area (Å²) in [5.74, 6) is -3.00. The third-order valence-electron chi connectivity index (χ3n) is 5.68. The largest absolute Gasteiger partial charge is 0.496 e. The number of ether oxygens (including phenoxy) is 4. The van der Waals surface area contributed by atoms with Crippen molar-refractivity contribution in [2.24, 2.45) is 0 Å². The predicted octanol–water partition coefficient (Wildman–Crippen LogP) is 5.21. The van der Waals surface area contributed by atoms with Crippen molar-refractivity contribution in [3.63, 3.8) is 0 Å². The average Bonchev–Trinajstić information content (AvgIpc) is 3.16. The molecule has 1 N–H and O–H groups in total. The van der Waals surface area contributed by atoms with E-state index in [0.717, 1.165) is 5.56 Å². The molecule has 0 spiro atoms. The minimum absolute atomic E-state index is 0.225. The van der Waals surface area contributed by atoms with Crippen LogP contribution in [0.3, 0.4) is 0 Å². The van der Waals surface area contributed by atoms with E-state index in [2.05, 4.69) is 5.32 Å². The van der Waals surface area contributed by atoms with Crippen LogP contribution in [0.25, 0.3) is 6.08 Å². The van der Waals surface area contributed by atoms with Crippen LogP contribution in [0.2, 0.25) is 0 Å². The van der Waals surface area contributed by atoms with Gasteiger partial charge in [-0.1, -0.05) is 12.1 Å². The lowest BCUT2D eigenvalue weighted by atomic mass is 10.1. The lowest BCUT2D eigenvalue weighted by Gasteiger charge is -2.16. The molecule has 7 nitrogen and oxygen atoms in total. The number of amides is 1. The smallest absolute Gasteiger partial charge is 0.330 e. The van der Waals surface area contributed by atoms with Gasteiger partial charge in [-0.25, -0.2) is 8.78 Å². The van der Waals surface area contributed by atoms with Crippen molar-refractivity contribution in [3.8, 4) is 17.2 Å². The monoisotopic (exact) mass is 570 g/mol. The van der Waals surface area contributed by atoms with E-state index in [9.17, 15) is 22.4 Å². The first-order chi connectivity index (χ1) is 18.6. The van der Waals surface area contributed by atoms with Crippen LogP contribution in [0.5, 0.6) is 17.2 Å². The molecular weight excluding hydrogens is 540 g/mol. The maximum Gasteiger partial charge on any atom is 0.330 e. The Labute approximate surface area is 229 Å². The summed E-state index contributed by atoms with van der Waals surface area (Å²) < 4.78 is 72.4. The molecule has 1 aliphatic rings. The molecule has 0 atom stereocenters. The Morgan fingerprint density at radius 3 is 2.41 bits per heavy atom. The van der Waals surface area contributed by atoms with Crippen LogP contribution in [0.1, 0.15) is 30.5 Å². The van der Waals surface area contributed by atoms with Crippen LogP contribution in [-0.4, -0.2) is 61.7 Å². The summed E-state index contributed by atoms with van der Waals surface area (Å²) in [7, 11) is 1.38. The van der Waals surface area contributed by atoms with Crippen molar-refractivity contribution in [1.29, 1.82) is 0 Å². The second-order valence-corrected chi connectivity index (χ2v) is 8.85. The maximum absolute atomic E-state index is 13.2. The second-order valence-electron chi connectivity index (χ2n) is 8.47. The summed E-state index contributed by atoms with van der Waals surface area (Å²) in [6.07, 6.45) is -1.77. The Bertz CT molecular complexity index is 1210. The Hall–Kier alpha value is -3.38.